The second-order valence-electron chi connectivity index (χ2n) is 6.96. The molecule has 1 saturated heterocycles. The van der Waals surface area contributed by atoms with Gasteiger partial charge < -0.3 is 10.6 Å². The number of carbonyl (C=O) groups is 1. The van der Waals surface area contributed by atoms with E-state index in [-0.39, 0.29) is 17.6 Å². The topological polar surface area (TPSA) is 46.3 Å². The molecule has 2 atom stereocenters. The first-order valence-corrected chi connectivity index (χ1v) is 10.4. The number of likely N-dealkylation sites (tertiary alicyclic amines) is 1. The monoisotopic (exact) mass is 406 g/mol. The van der Waals surface area contributed by atoms with Crippen molar-refractivity contribution in [1.29, 1.82) is 0 Å². The van der Waals surface area contributed by atoms with Gasteiger partial charge in [0.05, 0.1) is 5.56 Å². The van der Waals surface area contributed by atoms with Gasteiger partial charge in [-0.25, -0.2) is 8.78 Å². The maximum atomic E-state index is 13.3. The van der Waals surface area contributed by atoms with Crippen molar-refractivity contribution in [3.8, 4) is 11.1 Å². The Bertz CT molecular complexity index is 748. The smallest absolute Gasteiger partial charge is 0.225 e. The molecule has 28 heavy (non-hydrogen) atoms. The SMILES string of the molecule is CC1C(N)CCN1C(=O)C1CC1.CS.Fc1cccc(F)c1-c1ccccc1. The first-order valence-electron chi connectivity index (χ1n) is 9.49. The van der Waals surface area contributed by atoms with Gasteiger partial charge >= 0.3 is 0 Å². The fraction of sp³-hybridized carbons (Fsp3) is 0.409. The normalized spacial score (nSPS) is 20.6. The van der Waals surface area contributed by atoms with E-state index in [1.807, 2.05) is 11.0 Å². The maximum absolute atomic E-state index is 13.3. The van der Waals surface area contributed by atoms with Crippen LogP contribution in [-0.2, 0) is 4.79 Å². The van der Waals surface area contributed by atoms with Crippen LogP contribution >= 0.6 is 12.6 Å². The molecule has 0 radical (unpaired) electrons. The fourth-order valence-electron chi connectivity index (χ4n) is 3.22. The Morgan fingerprint density at radius 2 is 1.57 bits per heavy atom. The minimum atomic E-state index is -0.531. The van der Waals surface area contributed by atoms with Crippen molar-refractivity contribution in [2.75, 3.05) is 12.8 Å². The molecule has 1 amide bonds. The summed E-state index contributed by atoms with van der Waals surface area (Å²) in [5, 5.41) is 0. The molecule has 1 aliphatic heterocycles. The van der Waals surface area contributed by atoms with Crippen LogP contribution in [0.5, 0.6) is 0 Å². The van der Waals surface area contributed by atoms with Crippen LogP contribution in [0.25, 0.3) is 11.1 Å². The van der Waals surface area contributed by atoms with E-state index in [4.69, 9.17) is 5.73 Å². The van der Waals surface area contributed by atoms with Crippen molar-refractivity contribution in [2.45, 2.75) is 38.3 Å². The lowest BCUT2D eigenvalue weighted by Crippen LogP contribution is -2.41. The highest BCUT2D eigenvalue weighted by molar-refractivity contribution is 7.79. The minimum absolute atomic E-state index is 0.0353. The molecule has 1 saturated carbocycles. The van der Waals surface area contributed by atoms with E-state index in [1.54, 1.807) is 30.5 Å². The minimum Gasteiger partial charge on any atom is -0.338 e. The number of nitrogens with zero attached hydrogens (tertiary/aromatic N) is 1. The van der Waals surface area contributed by atoms with Crippen LogP contribution in [0.15, 0.2) is 48.5 Å². The molecular weight excluding hydrogens is 378 g/mol. The second-order valence-corrected chi connectivity index (χ2v) is 6.96. The molecule has 2 fully saturated rings. The Morgan fingerprint density at radius 3 is 2.04 bits per heavy atom. The summed E-state index contributed by atoms with van der Waals surface area (Å²) < 4.78 is 26.6. The summed E-state index contributed by atoms with van der Waals surface area (Å²) >= 11 is 3.53. The van der Waals surface area contributed by atoms with Crippen molar-refractivity contribution in [2.24, 2.45) is 11.7 Å². The molecule has 2 N–H and O–H groups in total. The van der Waals surface area contributed by atoms with Crippen molar-refractivity contribution in [3.05, 3.63) is 60.2 Å². The van der Waals surface area contributed by atoms with Crippen molar-refractivity contribution in [1.82, 2.24) is 4.90 Å². The van der Waals surface area contributed by atoms with Crippen LogP contribution < -0.4 is 5.73 Å². The van der Waals surface area contributed by atoms with Crippen LogP contribution in [-0.4, -0.2) is 35.7 Å². The molecule has 3 nitrogen and oxygen atoms in total. The van der Waals surface area contributed by atoms with Crippen molar-refractivity contribution < 1.29 is 13.6 Å². The highest BCUT2D eigenvalue weighted by Crippen LogP contribution is 2.33. The Hall–Kier alpha value is -1.92. The lowest BCUT2D eigenvalue weighted by atomic mass is 10.0. The molecule has 6 heteroatoms. The number of hydrogen-bond acceptors (Lipinski definition) is 3. The zero-order chi connectivity index (χ0) is 20.7. The quantitative estimate of drug-likeness (QED) is 0.720. The van der Waals surface area contributed by atoms with Gasteiger partial charge in [-0.2, -0.15) is 12.6 Å². The summed E-state index contributed by atoms with van der Waals surface area (Å²) in [5.74, 6) is -0.374. The van der Waals surface area contributed by atoms with Crippen molar-refractivity contribution >= 4 is 18.5 Å². The molecule has 1 heterocycles. The molecule has 2 aliphatic rings. The highest BCUT2D eigenvalue weighted by Gasteiger charge is 2.39. The number of halogens is 2. The molecular formula is C22H28F2N2OS. The third kappa shape index (κ3) is 5.55. The Morgan fingerprint density at radius 1 is 1.00 bits per heavy atom. The number of rotatable bonds is 2. The third-order valence-electron chi connectivity index (χ3n) is 5.05. The summed E-state index contributed by atoms with van der Waals surface area (Å²) in [6, 6.07) is 13.0. The molecule has 0 spiro atoms. The molecule has 2 unspecified atom stereocenters. The molecule has 0 bridgehead atoms. The predicted octanol–water partition coefficient (Wildman–Crippen LogP) is 4.52. The van der Waals surface area contributed by atoms with Crippen molar-refractivity contribution in [3.63, 3.8) is 0 Å². The molecule has 152 valence electrons. The van der Waals surface area contributed by atoms with Gasteiger partial charge in [0.1, 0.15) is 11.6 Å². The van der Waals surface area contributed by atoms with Gasteiger partial charge in [0.2, 0.25) is 5.91 Å². The maximum Gasteiger partial charge on any atom is 0.225 e. The molecule has 2 aromatic rings. The third-order valence-corrected chi connectivity index (χ3v) is 5.05. The fourth-order valence-corrected chi connectivity index (χ4v) is 3.22. The van der Waals surface area contributed by atoms with E-state index in [2.05, 4.69) is 19.6 Å². The Kier molecular flexibility index (Phi) is 8.45. The number of carbonyl (C=O) groups excluding carboxylic acids is 1. The van der Waals surface area contributed by atoms with Gasteiger partial charge in [-0.1, -0.05) is 36.4 Å². The summed E-state index contributed by atoms with van der Waals surface area (Å²) in [6.07, 6.45) is 4.86. The molecule has 2 aromatic carbocycles. The first kappa shape index (κ1) is 22.4. The average Bonchev–Trinajstić information content (AvgIpc) is 3.51. The number of benzene rings is 2. The highest BCUT2D eigenvalue weighted by atomic mass is 32.1. The van der Waals surface area contributed by atoms with Crippen LogP contribution in [0.3, 0.4) is 0 Å². The van der Waals surface area contributed by atoms with E-state index in [1.165, 1.54) is 18.2 Å². The van der Waals surface area contributed by atoms with E-state index in [0.717, 1.165) is 25.8 Å². The van der Waals surface area contributed by atoms with Crippen LogP contribution in [0.4, 0.5) is 8.78 Å². The first-order chi connectivity index (χ1) is 13.5. The Labute approximate surface area is 171 Å². The second kappa shape index (κ2) is 10.6. The predicted molar refractivity (Wildman–Crippen MR) is 113 cm³/mol. The van der Waals surface area contributed by atoms with Crippen LogP contribution in [0, 0.1) is 17.6 Å². The van der Waals surface area contributed by atoms with Gasteiger partial charge in [-0.15, -0.1) is 0 Å². The van der Waals surface area contributed by atoms with E-state index >= 15 is 0 Å². The summed E-state index contributed by atoms with van der Waals surface area (Å²) in [4.78, 5) is 13.6. The van der Waals surface area contributed by atoms with E-state index in [0.29, 0.717) is 17.4 Å². The van der Waals surface area contributed by atoms with E-state index < -0.39 is 11.6 Å². The molecule has 1 aliphatic carbocycles. The average molecular weight is 407 g/mol. The number of hydrogen-bond donors (Lipinski definition) is 2. The van der Waals surface area contributed by atoms with Gasteiger partial charge in [-0.05, 0) is 50.1 Å². The zero-order valence-electron chi connectivity index (χ0n) is 16.3. The number of amides is 1. The standard InChI is InChI=1S/C12H8F2.C9H16N2O.CH4S/c13-10-7-4-8-11(14)12(10)9-5-2-1-3-6-9;1-6-8(10)4-5-11(6)9(12)7-2-3-7;1-2/h1-8H;6-8H,2-5,10H2,1H3;2H,1H3. The summed E-state index contributed by atoms with van der Waals surface area (Å²) in [5.41, 5.74) is 6.43. The molecule has 0 aromatic heterocycles. The van der Waals surface area contributed by atoms with Crippen LogP contribution in [0.1, 0.15) is 26.2 Å². The lowest BCUT2D eigenvalue weighted by molar-refractivity contribution is -0.133. The number of nitrogens with two attached hydrogens (primary N) is 1. The van der Waals surface area contributed by atoms with Crippen LogP contribution in [0.2, 0.25) is 0 Å². The van der Waals surface area contributed by atoms with E-state index in [9.17, 15) is 13.6 Å². The van der Waals surface area contributed by atoms with Gasteiger partial charge in [-0.3, -0.25) is 4.79 Å². The lowest BCUT2D eigenvalue weighted by Gasteiger charge is -2.22. The molecule has 4 rings (SSSR count). The Balaban J connectivity index is 0.000000186. The van der Waals surface area contributed by atoms with Gasteiger partial charge in [0.15, 0.2) is 0 Å². The zero-order valence-corrected chi connectivity index (χ0v) is 17.2. The number of thiol groups is 1. The largest absolute Gasteiger partial charge is 0.338 e. The van der Waals surface area contributed by atoms with Gasteiger partial charge in [0.25, 0.3) is 0 Å². The van der Waals surface area contributed by atoms with Gasteiger partial charge in [0, 0.05) is 24.5 Å². The summed E-state index contributed by atoms with van der Waals surface area (Å²) in [7, 11) is 0. The summed E-state index contributed by atoms with van der Waals surface area (Å²) in [6.45, 7) is 2.93.